The Kier molecular flexibility index (Phi) is 6.65. The molecule has 1 N–H and O–H groups in total. The average Bonchev–Trinajstić information content (AvgIpc) is 2.75. The maximum absolute atomic E-state index is 13.1. The number of anilines is 1. The number of benzene rings is 2. The van der Waals surface area contributed by atoms with E-state index in [1.807, 2.05) is 0 Å². The smallest absolute Gasteiger partial charge is 0.269 e. The van der Waals surface area contributed by atoms with Crippen molar-refractivity contribution in [3.05, 3.63) is 58.1 Å². The largest absolute Gasteiger partial charge is 0.492 e. The third-order valence-corrected chi connectivity index (χ3v) is 6.35. The van der Waals surface area contributed by atoms with Gasteiger partial charge in [-0.2, -0.15) is 4.31 Å². The lowest BCUT2D eigenvalue weighted by atomic mass is 10.2. The molecule has 1 aliphatic rings. The Balaban J connectivity index is 1.88. The van der Waals surface area contributed by atoms with Crippen molar-refractivity contribution in [3.8, 4) is 5.75 Å². The summed E-state index contributed by atoms with van der Waals surface area (Å²) in [6, 6.07) is 9.47. The summed E-state index contributed by atoms with van der Waals surface area (Å²) in [6.07, 6.45) is 0. The summed E-state index contributed by atoms with van der Waals surface area (Å²) >= 11 is 0. The molecule has 30 heavy (non-hydrogen) atoms. The predicted molar refractivity (Wildman–Crippen MR) is 108 cm³/mol. The summed E-state index contributed by atoms with van der Waals surface area (Å²) in [7, 11) is -3.85. The molecular formula is C19H21N3O7S. The van der Waals surface area contributed by atoms with Gasteiger partial charge in [-0.15, -0.1) is 0 Å². The number of carbonyl (C=O) groups is 1. The highest BCUT2D eigenvalue weighted by Gasteiger charge is 2.29. The molecule has 2 aromatic carbocycles. The molecule has 0 aromatic heterocycles. The van der Waals surface area contributed by atoms with Gasteiger partial charge >= 0.3 is 0 Å². The molecule has 1 fully saturated rings. The molecule has 1 saturated heterocycles. The fraction of sp³-hybridized carbons (Fsp3) is 0.316. The first kappa shape index (κ1) is 21.7. The van der Waals surface area contributed by atoms with E-state index in [0.717, 1.165) is 0 Å². The van der Waals surface area contributed by atoms with Crippen LogP contribution in [0.2, 0.25) is 0 Å². The molecule has 0 bridgehead atoms. The number of rotatable bonds is 7. The normalized spacial score (nSPS) is 14.8. The number of morpholine rings is 1. The molecule has 0 saturated carbocycles. The standard InChI is InChI=1S/C19H21N3O7S/c1-2-29-17-8-5-15(13-18(17)30(26,27)21-9-11-28-12-10-21)20-19(23)14-3-6-16(7-4-14)22(24)25/h3-8,13H,2,9-12H2,1H3,(H,20,23). The summed E-state index contributed by atoms with van der Waals surface area (Å²) in [6.45, 7) is 3.09. The van der Waals surface area contributed by atoms with Crippen molar-refractivity contribution in [1.82, 2.24) is 4.31 Å². The maximum atomic E-state index is 13.1. The molecule has 1 heterocycles. The van der Waals surface area contributed by atoms with Gasteiger partial charge in [-0.05, 0) is 37.3 Å². The minimum Gasteiger partial charge on any atom is -0.492 e. The number of carbonyl (C=O) groups excluding carboxylic acids is 1. The summed E-state index contributed by atoms with van der Waals surface area (Å²) in [4.78, 5) is 22.6. The number of sulfonamides is 1. The molecule has 1 amide bonds. The van der Waals surface area contributed by atoms with Crippen molar-refractivity contribution in [1.29, 1.82) is 0 Å². The first-order valence-corrected chi connectivity index (χ1v) is 10.7. The highest BCUT2D eigenvalue weighted by atomic mass is 32.2. The Morgan fingerprint density at radius 3 is 2.47 bits per heavy atom. The molecule has 2 aromatic rings. The number of nitro groups is 1. The summed E-state index contributed by atoms with van der Waals surface area (Å²) in [5.74, 6) is -0.332. The second kappa shape index (κ2) is 9.20. The predicted octanol–water partition coefficient (Wildman–Crippen LogP) is 2.27. The van der Waals surface area contributed by atoms with Crippen LogP contribution in [0.1, 0.15) is 17.3 Å². The van der Waals surface area contributed by atoms with Crippen LogP contribution in [0.5, 0.6) is 5.75 Å². The lowest BCUT2D eigenvalue weighted by Crippen LogP contribution is -2.40. The van der Waals surface area contributed by atoms with Gasteiger partial charge in [0, 0.05) is 36.5 Å². The molecule has 11 heteroatoms. The number of non-ortho nitro benzene ring substituents is 1. The highest BCUT2D eigenvalue weighted by molar-refractivity contribution is 7.89. The van der Waals surface area contributed by atoms with Crippen molar-refractivity contribution in [2.75, 3.05) is 38.2 Å². The lowest BCUT2D eigenvalue weighted by Gasteiger charge is -2.27. The second-order valence-electron chi connectivity index (χ2n) is 6.37. The van der Waals surface area contributed by atoms with Gasteiger partial charge in [-0.1, -0.05) is 0 Å². The van der Waals surface area contributed by atoms with E-state index >= 15 is 0 Å². The molecule has 10 nitrogen and oxygen atoms in total. The quantitative estimate of drug-likeness (QED) is 0.522. The van der Waals surface area contributed by atoms with Gasteiger partial charge < -0.3 is 14.8 Å². The Morgan fingerprint density at radius 2 is 1.87 bits per heavy atom. The van der Waals surface area contributed by atoms with E-state index in [1.54, 1.807) is 6.92 Å². The Morgan fingerprint density at radius 1 is 1.20 bits per heavy atom. The van der Waals surface area contributed by atoms with E-state index in [0.29, 0.717) is 13.2 Å². The summed E-state index contributed by atoms with van der Waals surface area (Å²) in [5, 5.41) is 13.4. The monoisotopic (exact) mass is 435 g/mol. The maximum Gasteiger partial charge on any atom is 0.269 e. The first-order chi connectivity index (χ1) is 14.3. The molecule has 0 atom stereocenters. The van der Waals surface area contributed by atoms with E-state index < -0.39 is 20.9 Å². The van der Waals surface area contributed by atoms with Crippen LogP contribution in [0, 0.1) is 10.1 Å². The minimum atomic E-state index is -3.85. The molecule has 0 spiro atoms. The fourth-order valence-corrected chi connectivity index (χ4v) is 4.49. The third kappa shape index (κ3) is 4.75. The zero-order chi connectivity index (χ0) is 21.7. The number of nitrogens with one attached hydrogen (secondary N) is 1. The third-order valence-electron chi connectivity index (χ3n) is 4.43. The Bertz CT molecular complexity index is 1030. The number of nitro benzene ring substituents is 1. The Labute approximate surface area is 173 Å². The van der Waals surface area contributed by atoms with Crippen molar-refractivity contribution in [2.45, 2.75) is 11.8 Å². The van der Waals surface area contributed by atoms with Gasteiger partial charge in [0.25, 0.3) is 11.6 Å². The molecular weight excluding hydrogens is 414 g/mol. The van der Waals surface area contributed by atoms with Crippen molar-refractivity contribution < 1.29 is 27.6 Å². The molecule has 160 valence electrons. The minimum absolute atomic E-state index is 0.0484. The van der Waals surface area contributed by atoms with Crippen LogP contribution >= 0.6 is 0 Å². The van der Waals surface area contributed by atoms with Gasteiger partial charge in [0.1, 0.15) is 10.6 Å². The van der Waals surface area contributed by atoms with Crippen molar-refractivity contribution in [2.24, 2.45) is 0 Å². The van der Waals surface area contributed by atoms with Crippen LogP contribution in [0.15, 0.2) is 47.4 Å². The molecule has 0 radical (unpaired) electrons. The van der Waals surface area contributed by atoms with Crippen LogP contribution in [-0.2, 0) is 14.8 Å². The SMILES string of the molecule is CCOc1ccc(NC(=O)c2ccc([N+](=O)[O-])cc2)cc1S(=O)(=O)N1CCOCC1. The van der Waals surface area contributed by atoms with Crippen LogP contribution in [-0.4, -0.2) is 56.5 Å². The van der Waals surface area contributed by atoms with E-state index in [-0.39, 0.29) is 47.3 Å². The van der Waals surface area contributed by atoms with E-state index in [4.69, 9.17) is 9.47 Å². The zero-order valence-corrected chi connectivity index (χ0v) is 17.1. The topological polar surface area (TPSA) is 128 Å². The molecule has 0 unspecified atom stereocenters. The fourth-order valence-electron chi connectivity index (χ4n) is 2.93. The van der Waals surface area contributed by atoms with Crippen molar-refractivity contribution >= 4 is 27.3 Å². The summed E-state index contributed by atoms with van der Waals surface area (Å²) in [5.41, 5.74) is 0.326. The Hall–Kier alpha value is -3.02. The summed E-state index contributed by atoms with van der Waals surface area (Å²) < 4.78 is 38.2. The van der Waals surface area contributed by atoms with Crippen LogP contribution in [0.4, 0.5) is 11.4 Å². The van der Waals surface area contributed by atoms with Crippen LogP contribution in [0.3, 0.4) is 0 Å². The number of ether oxygens (including phenoxy) is 2. The zero-order valence-electron chi connectivity index (χ0n) is 16.2. The number of amides is 1. The molecule has 0 aliphatic carbocycles. The van der Waals surface area contributed by atoms with Gasteiger partial charge in [-0.3, -0.25) is 14.9 Å². The molecule has 3 rings (SSSR count). The average molecular weight is 435 g/mol. The van der Waals surface area contributed by atoms with E-state index in [2.05, 4.69) is 5.32 Å². The van der Waals surface area contributed by atoms with Gasteiger partial charge in [0.15, 0.2) is 0 Å². The molecule has 1 aliphatic heterocycles. The van der Waals surface area contributed by atoms with Crippen LogP contribution in [0.25, 0.3) is 0 Å². The van der Waals surface area contributed by atoms with Crippen molar-refractivity contribution in [3.63, 3.8) is 0 Å². The highest BCUT2D eigenvalue weighted by Crippen LogP contribution is 2.30. The van der Waals surface area contributed by atoms with Crippen LogP contribution < -0.4 is 10.1 Å². The van der Waals surface area contributed by atoms with Gasteiger partial charge in [0.2, 0.25) is 10.0 Å². The number of nitrogens with zero attached hydrogens (tertiary/aromatic N) is 2. The second-order valence-corrected chi connectivity index (χ2v) is 8.28. The lowest BCUT2D eigenvalue weighted by molar-refractivity contribution is -0.384. The van der Waals surface area contributed by atoms with Gasteiger partial charge in [0.05, 0.1) is 24.7 Å². The first-order valence-electron chi connectivity index (χ1n) is 9.23. The van der Waals surface area contributed by atoms with E-state index in [9.17, 15) is 23.3 Å². The number of hydrogen-bond acceptors (Lipinski definition) is 7. The van der Waals surface area contributed by atoms with E-state index in [1.165, 1.54) is 46.8 Å². The van der Waals surface area contributed by atoms with Gasteiger partial charge in [-0.25, -0.2) is 8.42 Å². The number of hydrogen-bond donors (Lipinski definition) is 1.